The average Bonchev–Trinajstić information content (AvgIpc) is 3.74. The Labute approximate surface area is 397 Å². The van der Waals surface area contributed by atoms with Gasteiger partial charge in [0, 0.05) is 61.3 Å². The Morgan fingerprint density at radius 3 is 1.91 bits per heavy atom. The van der Waals surface area contributed by atoms with Gasteiger partial charge in [-0.3, -0.25) is 0 Å². The summed E-state index contributed by atoms with van der Waals surface area (Å²) >= 11 is 0. The molecule has 4 aromatic carbocycles. The number of anilines is 4. The maximum absolute atomic E-state index is 6.85. The Morgan fingerprint density at radius 1 is 0.672 bits per heavy atom. The molecule has 0 radical (unpaired) electrons. The van der Waals surface area contributed by atoms with Crippen molar-refractivity contribution >= 4 is 44.6 Å². The van der Waals surface area contributed by atoms with Crippen molar-refractivity contribution in [2.24, 2.45) is 11.8 Å². The molecule has 6 nitrogen and oxygen atoms in total. The molecule has 338 valence electrons. The van der Waals surface area contributed by atoms with Crippen LogP contribution in [0.25, 0.3) is 27.6 Å². The van der Waals surface area contributed by atoms with Gasteiger partial charge in [-0.2, -0.15) is 6.07 Å². The number of aromatic nitrogens is 3. The van der Waals surface area contributed by atoms with Crippen molar-refractivity contribution in [2.75, 3.05) is 9.80 Å². The molecular formula is C57H66N5OPt-3. The molecule has 7 aromatic rings. The summed E-state index contributed by atoms with van der Waals surface area (Å²) in [5.41, 5.74) is 14.4. The first kappa shape index (κ1) is 47.0. The van der Waals surface area contributed by atoms with Crippen molar-refractivity contribution < 1.29 is 25.8 Å². The Kier molecular flexibility index (Phi) is 12.8. The van der Waals surface area contributed by atoms with Gasteiger partial charge < -0.3 is 24.1 Å². The van der Waals surface area contributed by atoms with Crippen LogP contribution in [0.5, 0.6) is 11.5 Å². The number of benzene rings is 4. The molecular weight excluding hydrogens is 966 g/mol. The third-order valence-corrected chi connectivity index (χ3v) is 12.4. The number of hydrogen-bond donors (Lipinski definition) is 0. The standard InChI is InChI=1S/C57H66N5O.Pt/c1-35(2)26-39-20-23-49-54(46(39)27-36(3)4)45-22-21-44(32-51(45)62(49)53-31-40(24-25-58-53)55(7,8)9)63-52-33-50(37(5)59-38(52)6)61-34-60(47-18-16-17-19-48(47)61)43-29-41(56(10,11)12)28-42(30-43)57(13,14)15;/h16-25,28-31,34-36H,26-27H2,1-15H3;/q-3;. The smallest absolute Gasteiger partial charge is 0.135 e. The van der Waals surface area contributed by atoms with Gasteiger partial charge >= 0.3 is 0 Å². The van der Waals surface area contributed by atoms with E-state index in [4.69, 9.17) is 14.7 Å². The van der Waals surface area contributed by atoms with Crippen molar-refractivity contribution in [1.29, 1.82) is 0 Å². The van der Waals surface area contributed by atoms with Gasteiger partial charge in [0.1, 0.15) is 5.82 Å². The average molecular weight is 1030 g/mol. The fourth-order valence-electron chi connectivity index (χ4n) is 8.90. The van der Waals surface area contributed by atoms with Crippen molar-refractivity contribution in [2.45, 2.75) is 133 Å². The molecule has 0 saturated carbocycles. The van der Waals surface area contributed by atoms with Crippen LogP contribution in [-0.4, -0.2) is 14.5 Å². The summed E-state index contributed by atoms with van der Waals surface area (Å²) in [7, 11) is 0. The predicted molar refractivity (Wildman–Crippen MR) is 265 cm³/mol. The fourth-order valence-corrected chi connectivity index (χ4v) is 8.90. The van der Waals surface area contributed by atoms with E-state index in [1.54, 1.807) is 0 Å². The molecule has 3 aromatic heterocycles. The Morgan fingerprint density at radius 2 is 1.30 bits per heavy atom. The summed E-state index contributed by atoms with van der Waals surface area (Å²) in [6, 6.07) is 36.3. The number of para-hydroxylation sites is 2. The summed E-state index contributed by atoms with van der Waals surface area (Å²) in [5.74, 6) is 3.08. The third kappa shape index (κ3) is 9.14. The molecule has 7 heteroatoms. The second-order valence-electron chi connectivity index (χ2n) is 21.7. The molecule has 0 unspecified atom stereocenters. The summed E-state index contributed by atoms with van der Waals surface area (Å²) in [5, 5.41) is 2.43. The maximum atomic E-state index is 6.85. The van der Waals surface area contributed by atoms with Gasteiger partial charge in [-0.15, -0.1) is 30.3 Å². The van der Waals surface area contributed by atoms with Crippen molar-refractivity contribution in [3.63, 3.8) is 0 Å². The Balaban J connectivity index is 0.00000612. The van der Waals surface area contributed by atoms with Crippen LogP contribution >= 0.6 is 0 Å². The van der Waals surface area contributed by atoms with Crippen LogP contribution in [0.4, 0.5) is 22.7 Å². The number of fused-ring (bicyclic) bond motifs is 4. The van der Waals surface area contributed by atoms with Crippen LogP contribution < -0.4 is 14.5 Å². The van der Waals surface area contributed by atoms with Gasteiger partial charge in [0.25, 0.3) is 0 Å². The maximum Gasteiger partial charge on any atom is 0.135 e. The first-order valence-electron chi connectivity index (χ1n) is 22.8. The number of hydrogen-bond acceptors (Lipinski definition) is 5. The molecule has 0 N–H and O–H groups in total. The fraction of sp³-hybridized carbons (Fsp3) is 0.386. The monoisotopic (exact) mass is 1030 g/mol. The van der Waals surface area contributed by atoms with Crippen molar-refractivity contribution in [3.8, 4) is 17.3 Å². The first-order valence-corrected chi connectivity index (χ1v) is 22.8. The number of nitrogens with zero attached hydrogens (tertiary/aromatic N) is 5. The summed E-state index contributed by atoms with van der Waals surface area (Å²) in [6.07, 6.45) is 3.96. The van der Waals surface area contributed by atoms with E-state index in [9.17, 15) is 0 Å². The van der Waals surface area contributed by atoms with Crippen LogP contribution in [0.3, 0.4) is 0 Å². The largest absolute Gasteiger partial charge is 0.507 e. The van der Waals surface area contributed by atoms with E-state index in [2.05, 4.69) is 209 Å². The van der Waals surface area contributed by atoms with E-state index < -0.39 is 0 Å². The second kappa shape index (κ2) is 17.5. The van der Waals surface area contributed by atoms with E-state index in [1.807, 2.05) is 13.1 Å². The molecule has 0 fully saturated rings. The number of aryl methyl sites for hydroxylation is 2. The number of rotatable bonds is 9. The van der Waals surface area contributed by atoms with Crippen LogP contribution in [-0.2, 0) is 50.2 Å². The minimum Gasteiger partial charge on any atom is -0.507 e. The van der Waals surface area contributed by atoms with Gasteiger partial charge in [0.15, 0.2) is 0 Å². The zero-order chi connectivity index (χ0) is 45.3. The van der Waals surface area contributed by atoms with Gasteiger partial charge in [0.2, 0.25) is 0 Å². The van der Waals surface area contributed by atoms with E-state index >= 15 is 0 Å². The minimum atomic E-state index is -0.0404. The molecule has 0 spiro atoms. The summed E-state index contributed by atoms with van der Waals surface area (Å²) in [6.45, 7) is 35.9. The SMILES string of the molecule is Cc1nc(C)c(N2[CH-]N(c3cc(C(C)(C)C)cc(C(C)(C)C)c3)c3ccccc32)[c-]c1Oc1[c-]c2c(cc1)c1c(CC(C)C)c(CC(C)C)ccc1n2-c1cc(C(C)(C)C)ccn1.[Pt]. The van der Waals surface area contributed by atoms with E-state index in [0.29, 0.717) is 23.3 Å². The molecule has 0 saturated heterocycles. The molecule has 0 amide bonds. The van der Waals surface area contributed by atoms with Gasteiger partial charge in [-0.25, -0.2) is 4.98 Å². The molecule has 4 heterocycles. The number of pyridine rings is 2. The van der Waals surface area contributed by atoms with Crippen LogP contribution in [0.15, 0.2) is 85.1 Å². The third-order valence-electron chi connectivity index (χ3n) is 12.4. The van der Waals surface area contributed by atoms with Crippen LogP contribution in [0.1, 0.15) is 129 Å². The zero-order valence-electron chi connectivity index (χ0n) is 40.7. The van der Waals surface area contributed by atoms with Gasteiger partial charge in [-0.05, 0) is 122 Å². The molecule has 0 aliphatic carbocycles. The number of ether oxygens (including phenoxy) is 1. The van der Waals surface area contributed by atoms with Gasteiger partial charge in [-0.1, -0.05) is 145 Å². The molecule has 1 aliphatic rings. The topological polar surface area (TPSA) is 46.4 Å². The molecule has 1 aliphatic heterocycles. The van der Waals surface area contributed by atoms with E-state index in [-0.39, 0.29) is 37.3 Å². The van der Waals surface area contributed by atoms with Crippen LogP contribution in [0.2, 0.25) is 0 Å². The van der Waals surface area contributed by atoms with E-state index in [0.717, 1.165) is 69.2 Å². The second-order valence-corrected chi connectivity index (χ2v) is 21.7. The first-order chi connectivity index (χ1) is 29.6. The zero-order valence-corrected chi connectivity index (χ0v) is 43.0. The Bertz CT molecular complexity index is 2820. The van der Waals surface area contributed by atoms with E-state index in [1.165, 1.54) is 33.2 Å². The summed E-state index contributed by atoms with van der Waals surface area (Å²) < 4.78 is 9.14. The predicted octanol–water partition coefficient (Wildman–Crippen LogP) is 15.3. The van der Waals surface area contributed by atoms with Crippen molar-refractivity contribution in [1.82, 2.24) is 14.5 Å². The molecule has 0 bridgehead atoms. The van der Waals surface area contributed by atoms with Crippen molar-refractivity contribution in [3.05, 3.63) is 143 Å². The molecule has 64 heavy (non-hydrogen) atoms. The molecule has 8 rings (SSSR count). The quantitative estimate of drug-likeness (QED) is 0.135. The van der Waals surface area contributed by atoms with Crippen LogP contribution in [0, 0.1) is 44.5 Å². The van der Waals surface area contributed by atoms with Gasteiger partial charge in [0.05, 0.1) is 0 Å². The Hall–Kier alpha value is -4.93. The minimum absolute atomic E-state index is 0. The molecule has 0 atom stereocenters. The summed E-state index contributed by atoms with van der Waals surface area (Å²) in [4.78, 5) is 14.6. The normalized spacial score (nSPS) is 13.4.